The summed E-state index contributed by atoms with van der Waals surface area (Å²) in [5.74, 6) is 1.08. The molecule has 0 spiro atoms. The lowest BCUT2D eigenvalue weighted by Crippen LogP contribution is -2.26. The molecule has 1 atom stereocenters. The lowest BCUT2D eigenvalue weighted by atomic mass is 10.2. The van der Waals surface area contributed by atoms with Crippen LogP contribution in [0.5, 0.6) is 0 Å². The minimum absolute atomic E-state index is 0.482. The summed E-state index contributed by atoms with van der Waals surface area (Å²) in [5.41, 5.74) is 1.11. The van der Waals surface area contributed by atoms with E-state index in [9.17, 15) is 0 Å². The van der Waals surface area contributed by atoms with Crippen LogP contribution in [-0.4, -0.2) is 20.6 Å². The van der Waals surface area contributed by atoms with Crippen LogP contribution in [0.1, 0.15) is 29.9 Å². The van der Waals surface area contributed by atoms with E-state index in [-0.39, 0.29) is 0 Å². The molecule has 2 aromatic heterocycles. The predicted octanol–water partition coefficient (Wildman–Crippen LogP) is 2.52. The summed E-state index contributed by atoms with van der Waals surface area (Å²) in [4.78, 5) is 8.67. The molecule has 2 aromatic rings. The number of aryl methyl sites for hydroxylation is 3. The number of rotatable bonds is 6. The average molecular weight is 264 g/mol. The zero-order valence-electron chi connectivity index (χ0n) is 11.2. The van der Waals surface area contributed by atoms with Gasteiger partial charge in [-0.3, -0.25) is 0 Å². The van der Waals surface area contributed by atoms with Crippen LogP contribution in [0.2, 0.25) is 0 Å². The summed E-state index contributed by atoms with van der Waals surface area (Å²) in [5, 5.41) is 6.77. The maximum absolute atomic E-state index is 4.45. The van der Waals surface area contributed by atoms with Gasteiger partial charge in [-0.25, -0.2) is 9.97 Å². The highest BCUT2D eigenvalue weighted by atomic mass is 32.1. The predicted molar refractivity (Wildman–Crippen MR) is 74.7 cm³/mol. The Kier molecular flexibility index (Phi) is 4.49. The molecule has 2 rings (SSSR count). The van der Waals surface area contributed by atoms with E-state index >= 15 is 0 Å². The summed E-state index contributed by atoms with van der Waals surface area (Å²) < 4.78 is 2.19. The van der Waals surface area contributed by atoms with Crippen LogP contribution in [-0.2, 0) is 13.1 Å². The summed E-state index contributed by atoms with van der Waals surface area (Å²) in [6, 6.07) is 0.482. The molecule has 0 aliphatic carbocycles. The van der Waals surface area contributed by atoms with Crippen molar-refractivity contribution < 1.29 is 0 Å². The molecular formula is C13H20N4S. The number of nitrogens with one attached hydrogen (secondary N) is 1. The second kappa shape index (κ2) is 6.11. The molecule has 0 aliphatic rings. The van der Waals surface area contributed by atoms with Gasteiger partial charge in [0.25, 0.3) is 0 Å². The van der Waals surface area contributed by atoms with Crippen LogP contribution in [0.3, 0.4) is 0 Å². The summed E-state index contributed by atoms with van der Waals surface area (Å²) >= 11 is 1.72. The summed E-state index contributed by atoms with van der Waals surface area (Å²) in [7, 11) is 0. The zero-order chi connectivity index (χ0) is 13.0. The molecule has 0 saturated heterocycles. The normalized spacial score (nSPS) is 12.8. The van der Waals surface area contributed by atoms with Gasteiger partial charge in [-0.05, 0) is 27.2 Å². The molecule has 2 heterocycles. The molecule has 0 saturated carbocycles. The first-order valence-corrected chi connectivity index (χ1v) is 7.15. The lowest BCUT2D eigenvalue weighted by Gasteiger charge is -2.13. The largest absolute Gasteiger partial charge is 0.335 e. The highest BCUT2D eigenvalue weighted by Gasteiger charge is 2.05. The van der Waals surface area contributed by atoms with Crippen LogP contribution >= 0.6 is 11.3 Å². The molecular weight excluding hydrogens is 244 g/mol. The van der Waals surface area contributed by atoms with Gasteiger partial charge < -0.3 is 9.88 Å². The monoisotopic (exact) mass is 264 g/mol. The van der Waals surface area contributed by atoms with Gasteiger partial charge in [0.2, 0.25) is 0 Å². The van der Waals surface area contributed by atoms with E-state index in [2.05, 4.69) is 32.2 Å². The van der Waals surface area contributed by atoms with Crippen LogP contribution in [0.25, 0.3) is 0 Å². The third kappa shape index (κ3) is 3.65. The van der Waals surface area contributed by atoms with Crippen molar-refractivity contribution in [2.75, 3.05) is 0 Å². The van der Waals surface area contributed by atoms with Crippen LogP contribution in [0, 0.1) is 13.8 Å². The Hall–Kier alpha value is -1.20. The SMILES string of the molecule is Cc1csc(CN[C@H](C)CCn2ccnc2C)n1. The maximum Gasteiger partial charge on any atom is 0.107 e. The van der Waals surface area contributed by atoms with Gasteiger partial charge in [-0.1, -0.05) is 0 Å². The molecule has 18 heavy (non-hydrogen) atoms. The average Bonchev–Trinajstić information content (AvgIpc) is 2.93. The van der Waals surface area contributed by atoms with E-state index in [0.717, 1.165) is 36.0 Å². The molecule has 0 aliphatic heterocycles. The highest BCUT2D eigenvalue weighted by Crippen LogP contribution is 2.09. The fourth-order valence-electron chi connectivity index (χ4n) is 1.82. The maximum atomic E-state index is 4.45. The van der Waals surface area contributed by atoms with Crippen molar-refractivity contribution in [2.45, 2.75) is 46.3 Å². The molecule has 0 amide bonds. The van der Waals surface area contributed by atoms with Gasteiger partial charge in [0.05, 0.1) is 0 Å². The standard InChI is InChI=1S/C13H20N4S/c1-10(4-6-17-7-5-14-12(17)3)15-8-13-16-11(2)9-18-13/h5,7,9-10,15H,4,6,8H2,1-3H3/t10-/m1/s1. The second-order valence-corrected chi connectivity index (χ2v) is 5.56. The van der Waals surface area contributed by atoms with Crippen molar-refractivity contribution in [1.82, 2.24) is 19.9 Å². The van der Waals surface area contributed by atoms with Gasteiger partial charge in [0, 0.05) is 42.6 Å². The first-order valence-electron chi connectivity index (χ1n) is 6.27. The Morgan fingerprint density at radius 2 is 2.28 bits per heavy atom. The molecule has 0 unspecified atom stereocenters. The van der Waals surface area contributed by atoms with Gasteiger partial charge >= 0.3 is 0 Å². The second-order valence-electron chi connectivity index (χ2n) is 4.62. The molecule has 98 valence electrons. The Labute approximate surface area is 112 Å². The van der Waals surface area contributed by atoms with Crippen molar-refractivity contribution in [2.24, 2.45) is 0 Å². The number of nitrogens with zero attached hydrogens (tertiary/aromatic N) is 3. The van der Waals surface area contributed by atoms with E-state index in [1.165, 1.54) is 0 Å². The molecule has 0 radical (unpaired) electrons. The Morgan fingerprint density at radius 3 is 2.89 bits per heavy atom. The van der Waals surface area contributed by atoms with Crippen molar-refractivity contribution >= 4 is 11.3 Å². The van der Waals surface area contributed by atoms with Crippen molar-refractivity contribution in [1.29, 1.82) is 0 Å². The van der Waals surface area contributed by atoms with E-state index < -0.39 is 0 Å². The molecule has 0 fully saturated rings. The first-order chi connectivity index (χ1) is 8.65. The smallest absolute Gasteiger partial charge is 0.107 e. The molecule has 4 nitrogen and oxygen atoms in total. The highest BCUT2D eigenvalue weighted by molar-refractivity contribution is 7.09. The Bertz CT molecular complexity index is 489. The van der Waals surface area contributed by atoms with Crippen molar-refractivity contribution in [3.8, 4) is 0 Å². The Morgan fingerprint density at radius 1 is 1.44 bits per heavy atom. The van der Waals surface area contributed by atoms with E-state index in [1.54, 1.807) is 11.3 Å². The third-order valence-corrected chi connectivity index (χ3v) is 3.96. The fraction of sp³-hybridized carbons (Fsp3) is 0.538. The third-order valence-electron chi connectivity index (χ3n) is 2.99. The van der Waals surface area contributed by atoms with E-state index in [1.807, 2.05) is 26.2 Å². The lowest BCUT2D eigenvalue weighted by molar-refractivity contribution is 0.471. The van der Waals surface area contributed by atoms with Crippen molar-refractivity contribution in [3.63, 3.8) is 0 Å². The number of hydrogen-bond acceptors (Lipinski definition) is 4. The number of imidazole rings is 1. The minimum Gasteiger partial charge on any atom is -0.335 e. The van der Waals surface area contributed by atoms with Gasteiger partial charge in [-0.15, -0.1) is 11.3 Å². The van der Waals surface area contributed by atoms with E-state index in [0.29, 0.717) is 6.04 Å². The van der Waals surface area contributed by atoms with Crippen molar-refractivity contribution in [3.05, 3.63) is 34.3 Å². The Balaban J connectivity index is 1.72. The fourth-order valence-corrected chi connectivity index (χ4v) is 2.54. The number of thiazole rings is 1. The van der Waals surface area contributed by atoms with Gasteiger partial charge in [0.15, 0.2) is 0 Å². The first kappa shape index (κ1) is 13.2. The van der Waals surface area contributed by atoms with Crippen LogP contribution in [0.4, 0.5) is 0 Å². The topological polar surface area (TPSA) is 42.7 Å². The quantitative estimate of drug-likeness (QED) is 0.872. The van der Waals surface area contributed by atoms with Gasteiger partial charge in [-0.2, -0.15) is 0 Å². The van der Waals surface area contributed by atoms with Gasteiger partial charge in [0.1, 0.15) is 10.8 Å². The number of hydrogen-bond donors (Lipinski definition) is 1. The van der Waals surface area contributed by atoms with E-state index in [4.69, 9.17) is 0 Å². The van der Waals surface area contributed by atoms with Crippen LogP contribution < -0.4 is 5.32 Å². The summed E-state index contributed by atoms with van der Waals surface area (Å²) in [6.07, 6.45) is 4.99. The molecule has 1 N–H and O–H groups in total. The van der Waals surface area contributed by atoms with Crippen LogP contribution in [0.15, 0.2) is 17.8 Å². The molecule has 5 heteroatoms. The molecule has 0 aromatic carbocycles. The summed E-state index contributed by atoms with van der Waals surface area (Å²) in [6.45, 7) is 8.16. The minimum atomic E-state index is 0.482. The number of aromatic nitrogens is 3. The zero-order valence-corrected chi connectivity index (χ0v) is 12.0. The molecule has 0 bridgehead atoms.